The Morgan fingerprint density at radius 2 is 1.90 bits per heavy atom. The van der Waals surface area contributed by atoms with Crippen molar-refractivity contribution in [2.75, 3.05) is 11.1 Å². The van der Waals surface area contributed by atoms with Gasteiger partial charge < -0.3 is 10.1 Å². The third-order valence-electron chi connectivity index (χ3n) is 4.32. The number of hydrogen-bond acceptors (Lipinski definition) is 5. The molecule has 3 aromatic rings. The maximum atomic E-state index is 13.0. The summed E-state index contributed by atoms with van der Waals surface area (Å²) in [7, 11) is 0. The number of amides is 1. The number of rotatable bonds is 9. The highest BCUT2D eigenvalue weighted by Crippen LogP contribution is 2.24. The molecule has 0 saturated heterocycles. The fourth-order valence-corrected chi connectivity index (χ4v) is 3.64. The third kappa shape index (κ3) is 5.48. The minimum absolute atomic E-state index is 0.143. The zero-order valence-corrected chi connectivity index (χ0v) is 17.7. The van der Waals surface area contributed by atoms with Crippen molar-refractivity contribution in [1.29, 1.82) is 0 Å². The van der Waals surface area contributed by atoms with Crippen LogP contribution in [0.3, 0.4) is 0 Å². The van der Waals surface area contributed by atoms with Crippen molar-refractivity contribution in [3.63, 3.8) is 0 Å². The normalized spacial score (nSPS) is 10.6. The number of benzene rings is 2. The first-order valence-corrected chi connectivity index (χ1v) is 10.4. The molecule has 1 heterocycles. The first kappa shape index (κ1) is 21.6. The molecule has 0 unspecified atom stereocenters. The molecule has 0 saturated carbocycles. The predicted octanol–water partition coefficient (Wildman–Crippen LogP) is 4.53. The monoisotopic (exact) mass is 426 g/mol. The summed E-state index contributed by atoms with van der Waals surface area (Å²) in [5.74, 6) is 1.06. The van der Waals surface area contributed by atoms with E-state index in [1.54, 1.807) is 6.08 Å². The molecule has 0 atom stereocenters. The second-order valence-corrected chi connectivity index (χ2v) is 7.59. The fraction of sp³-hybridized carbons (Fsp3) is 0.227. The van der Waals surface area contributed by atoms with Gasteiger partial charge in [0.1, 0.15) is 18.2 Å². The van der Waals surface area contributed by atoms with Gasteiger partial charge in [-0.3, -0.25) is 9.36 Å². The van der Waals surface area contributed by atoms with E-state index in [1.165, 1.54) is 36.0 Å². The van der Waals surface area contributed by atoms with E-state index in [2.05, 4.69) is 22.1 Å². The summed E-state index contributed by atoms with van der Waals surface area (Å²) in [6, 6.07) is 11.6. The Kier molecular flexibility index (Phi) is 7.24. The molecule has 0 aliphatic carbocycles. The van der Waals surface area contributed by atoms with Crippen molar-refractivity contribution < 1.29 is 13.9 Å². The Bertz CT molecular complexity index is 1010. The maximum Gasteiger partial charge on any atom is 0.234 e. The molecule has 0 aliphatic rings. The van der Waals surface area contributed by atoms with Crippen molar-refractivity contribution in [1.82, 2.24) is 14.8 Å². The molecule has 1 aromatic heterocycles. The van der Waals surface area contributed by atoms with Gasteiger partial charge in [0, 0.05) is 12.2 Å². The molecular formula is C22H23FN4O2S. The van der Waals surface area contributed by atoms with E-state index in [1.807, 2.05) is 36.6 Å². The zero-order chi connectivity index (χ0) is 21.5. The summed E-state index contributed by atoms with van der Waals surface area (Å²) in [5, 5.41) is 11.8. The molecule has 6 nitrogen and oxygen atoms in total. The summed E-state index contributed by atoms with van der Waals surface area (Å²) in [6.45, 7) is 8.54. The van der Waals surface area contributed by atoms with E-state index in [4.69, 9.17) is 4.74 Å². The Morgan fingerprint density at radius 1 is 1.20 bits per heavy atom. The summed E-state index contributed by atoms with van der Waals surface area (Å²) >= 11 is 1.27. The maximum absolute atomic E-state index is 13.0. The summed E-state index contributed by atoms with van der Waals surface area (Å²) in [5.41, 5.74) is 2.64. The van der Waals surface area contributed by atoms with E-state index in [0.29, 0.717) is 23.2 Å². The standard InChI is InChI=1S/C22H23FN4O2S/c1-4-12-27-19(13-29-21-15(2)6-5-7-16(21)3)25-26-22(27)30-14-20(28)24-18-10-8-17(23)9-11-18/h4-11H,1,12-14H2,2-3H3,(H,24,28). The van der Waals surface area contributed by atoms with Crippen LogP contribution in [0.4, 0.5) is 10.1 Å². The Morgan fingerprint density at radius 3 is 2.57 bits per heavy atom. The molecule has 0 aliphatic heterocycles. The number of nitrogens with zero attached hydrogens (tertiary/aromatic N) is 3. The molecule has 1 N–H and O–H groups in total. The average molecular weight is 427 g/mol. The van der Waals surface area contributed by atoms with Gasteiger partial charge in [-0.25, -0.2) is 4.39 Å². The molecular weight excluding hydrogens is 403 g/mol. The van der Waals surface area contributed by atoms with Crippen molar-refractivity contribution >= 4 is 23.4 Å². The Hall–Kier alpha value is -3.13. The highest BCUT2D eigenvalue weighted by Gasteiger charge is 2.15. The van der Waals surface area contributed by atoms with Crippen LogP contribution >= 0.6 is 11.8 Å². The van der Waals surface area contributed by atoms with E-state index in [9.17, 15) is 9.18 Å². The minimum atomic E-state index is -0.351. The lowest BCUT2D eigenvalue weighted by atomic mass is 10.1. The zero-order valence-electron chi connectivity index (χ0n) is 16.9. The average Bonchev–Trinajstić information content (AvgIpc) is 3.10. The van der Waals surface area contributed by atoms with Crippen LogP contribution in [0.2, 0.25) is 0 Å². The fourth-order valence-electron chi connectivity index (χ4n) is 2.87. The number of para-hydroxylation sites is 1. The number of anilines is 1. The minimum Gasteiger partial charge on any atom is -0.485 e. The third-order valence-corrected chi connectivity index (χ3v) is 5.29. The van der Waals surface area contributed by atoms with E-state index in [-0.39, 0.29) is 24.1 Å². The van der Waals surface area contributed by atoms with Gasteiger partial charge in [-0.1, -0.05) is 36.0 Å². The largest absolute Gasteiger partial charge is 0.485 e. The Labute approximate surface area is 179 Å². The van der Waals surface area contributed by atoms with Gasteiger partial charge in [0.05, 0.1) is 5.75 Å². The van der Waals surface area contributed by atoms with Gasteiger partial charge in [-0.15, -0.1) is 16.8 Å². The number of nitrogens with one attached hydrogen (secondary N) is 1. The van der Waals surface area contributed by atoms with Gasteiger partial charge in [-0.05, 0) is 49.2 Å². The number of hydrogen-bond donors (Lipinski definition) is 1. The van der Waals surface area contributed by atoms with Gasteiger partial charge in [0.15, 0.2) is 11.0 Å². The predicted molar refractivity (Wildman–Crippen MR) is 116 cm³/mol. The first-order valence-electron chi connectivity index (χ1n) is 9.38. The number of carbonyl (C=O) groups is 1. The number of thioether (sulfide) groups is 1. The van der Waals surface area contributed by atoms with Crippen LogP contribution in [0.15, 0.2) is 60.3 Å². The molecule has 0 bridgehead atoms. The lowest BCUT2D eigenvalue weighted by Gasteiger charge is -2.12. The summed E-state index contributed by atoms with van der Waals surface area (Å²) < 4.78 is 20.8. The molecule has 8 heteroatoms. The molecule has 0 spiro atoms. The van der Waals surface area contributed by atoms with Crippen LogP contribution < -0.4 is 10.1 Å². The molecule has 156 valence electrons. The summed E-state index contributed by atoms with van der Waals surface area (Å²) in [4.78, 5) is 12.2. The van der Waals surface area contributed by atoms with Crippen molar-refractivity contribution in [2.24, 2.45) is 0 Å². The molecule has 2 aromatic carbocycles. The number of aromatic nitrogens is 3. The smallest absolute Gasteiger partial charge is 0.234 e. The van der Waals surface area contributed by atoms with Gasteiger partial charge in [0.25, 0.3) is 0 Å². The molecule has 30 heavy (non-hydrogen) atoms. The van der Waals surface area contributed by atoms with Crippen LogP contribution in [0.1, 0.15) is 17.0 Å². The second-order valence-electron chi connectivity index (χ2n) is 6.65. The summed E-state index contributed by atoms with van der Waals surface area (Å²) in [6.07, 6.45) is 1.74. The number of allylic oxidation sites excluding steroid dienone is 1. The van der Waals surface area contributed by atoms with Crippen LogP contribution in [0.25, 0.3) is 0 Å². The van der Waals surface area contributed by atoms with Crippen LogP contribution in [-0.2, 0) is 17.9 Å². The molecule has 1 amide bonds. The van der Waals surface area contributed by atoms with Gasteiger partial charge in [-0.2, -0.15) is 0 Å². The quantitative estimate of drug-likeness (QED) is 0.402. The number of carbonyl (C=O) groups excluding carboxylic acids is 1. The van der Waals surface area contributed by atoms with Crippen LogP contribution in [-0.4, -0.2) is 26.4 Å². The molecule has 0 fully saturated rings. The first-order chi connectivity index (χ1) is 14.5. The lowest BCUT2D eigenvalue weighted by molar-refractivity contribution is -0.113. The van der Waals surface area contributed by atoms with Crippen molar-refractivity contribution in [3.05, 3.63) is 77.9 Å². The van der Waals surface area contributed by atoms with E-state index < -0.39 is 0 Å². The number of aryl methyl sites for hydroxylation is 2. The van der Waals surface area contributed by atoms with Crippen molar-refractivity contribution in [3.8, 4) is 5.75 Å². The van der Waals surface area contributed by atoms with Crippen LogP contribution in [0, 0.1) is 19.7 Å². The van der Waals surface area contributed by atoms with E-state index >= 15 is 0 Å². The van der Waals surface area contributed by atoms with Crippen molar-refractivity contribution in [2.45, 2.75) is 32.2 Å². The molecule has 0 radical (unpaired) electrons. The topological polar surface area (TPSA) is 69.0 Å². The highest BCUT2D eigenvalue weighted by molar-refractivity contribution is 7.99. The number of ether oxygens (including phenoxy) is 1. The van der Waals surface area contributed by atoms with Gasteiger partial charge in [0.2, 0.25) is 5.91 Å². The number of halogens is 1. The molecule has 3 rings (SSSR count). The van der Waals surface area contributed by atoms with E-state index in [0.717, 1.165) is 16.9 Å². The highest BCUT2D eigenvalue weighted by atomic mass is 32.2. The lowest BCUT2D eigenvalue weighted by Crippen LogP contribution is -2.15. The second kappa shape index (κ2) is 10.1. The SMILES string of the molecule is C=CCn1c(COc2c(C)cccc2C)nnc1SCC(=O)Nc1ccc(F)cc1. The van der Waals surface area contributed by atoms with Crippen LogP contribution in [0.5, 0.6) is 5.75 Å². The Balaban J connectivity index is 1.64. The van der Waals surface area contributed by atoms with Gasteiger partial charge >= 0.3 is 0 Å².